The van der Waals surface area contributed by atoms with Gasteiger partial charge >= 0.3 is 18.2 Å². The molecule has 1 atom stereocenters. The standard InChI is InChI=1S/C37H44N6O5/c1-24-29-23-42(21-25-10-6-5-7-11-25)33(44)32(20-26(29)14-15-30(24)40-36(47)48-37(2,3)4)39-34(45)41-18-16-28(17-19-41)43-22-27-12-8-9-13-31(27)38-35(43)46/h5-15,28,32H,16-23H2,1-4H3,(H,38,46)(H,39,45)(H,40,47)/t32-/m1/s1. The first-order chi connectivity index (χ1) is 22.9. The second-order valence-electron chi connectivity index (χ2n) is 13.8. The Morgan fingerprint density at radius 2 is 1.62 bits per heavy atom. The summed E-state index contributed by atoms with van der Waals surface area (Å²) in [6.45, 7) is 9.57. The maximum atomic E-state index is 14.1. The molecule has 1 saturated heterocycles. The van der Waals surface area contributed by atoms with E-state index in [1.54, 1.807) is 9.80 Å². The van der Waals surface area contributed by atoms with Gasteiger partial charge in [0.2, 0.25) is 5.91 Å². The molecular formula is C37H44N6O5. The fraction of sp³-hybridized carbons (Fsp3) is 0.405. The van der Waals surface area contributed by atoms with Crippen molar-refractivity contribution < 1.29 is 23.9 Å². The minimum atomic E-state index is -0.770. The summed E-state index contributed by atoms with van der Waals surface area (Å²) in [7, 11) is 0. The van der Waals surface area contributed by atoms with Gasteiger partial charge in [-0.3, -0.25) is 10.1 Å². The van der Waals surface area contributed by atoms with Crippen molar-refractivity contribution in [3.63, 3.8) is 0 Å². The molecule has 6 rings (SSSR count). The van der Waals surface area contributed by atoms with Gasteiger partial charge in [0.15, 0.2) is 0 Å². The molecule has 3 N–H and O–H groups in total. The van der Waals surface area contributed by atoms with Gasteiger partial charge in [-0.1, -0.05) is 54.6 Å². The molecule has 0 aliphatic carbocycles. The Bertz CT molecular complexity index is 1700. The van der Waals surface area contributed by atoms with Crippen LogP contribution in [0.15, 0.2) is 66.7 Å². The Kier molecular flexibility index (Phi) is 9.30. The van der Waals surface area contributed by atoms with E-state index in [2.05, 4.69) is 16.0 Å². The molecule has 11 heteroatoms. The monoisotopic (exact) mass is 652 g/mol. The number of carbonyl (C=O) groups excluding carboxylic acids is 4. The molecule has 3 aliphatic rings. The number of urea groups is 2. The zero-order valence-corrected chi connectivity index (χ0v) is 28.0. The molecule has 6 amide bonds. The number of para-hydroxylation sites is 1. The minimum Gasteiger partial charge on any atom is -0.444 e. The summed E-state index contributed by atoms with van der Waals surface area (Å²) in [5.41, 5.74) is 5.60. The zero-order valence-electron chi connectivity index (χ0n) is 28.0. The Hall–Kier alpha value is -5.06. The van der Waals surface area contributed by atoms with Crippen molar-refractivity contribution >= 4 is 35.4 Å². The number of rotatable bonds is 5. The fourth-order valence-electron chi connectivity index (χ4n) is 6.76. The molecule has 0 spiro atoms. The zero-order chi connectivity index (χ0) is 34.0. The van der Waals surface area contributed by atoms with Crippen LogP contribution < -0.4 is 16.0 Å². The molecule has 3 aliphatic heterocycles. The third-order valence-corrected chi connectivity index (χ3v) is 9.28. The fourth-order valence-corrected chi connectivity index (χ4v) is 6.76. The number of hydrogen-bond donors (Lipinski definition) is 3. The van der Waals surface area contributed by atoms with Gasteiger partial charge in [-0.25, -0.2) is 14.4 Å². The predicted octanol–water partition coefficient (Wildman–Crippen LogP) is 6.02. The molecule has 3 aromatic carbocycles. The summed E-state index contributed by atoms with van der Waals surface area (Å²) in [4.78, 5) is 58.6. The van der Waals surface area contributed by atoms with Gasteiger partial charge in [0.25, 0.3) is 0 Å². The summed E-state index contributed by atoms with van der Waals surface area (Å²) >= 11 is 0. The van der Waals surface area contributed by atoms with Crippen molar-refractivity contribution in [1.82, 2.24) is 20.0 Å². The van der Waals surface area contributed by atoms with Crippen LogP contribution in [0.25, 0.3) is 0 Å². The van der Waals surface area contributed by atoms with Crippen LogP contribution in [-0.4, -0.2) is 69.5 Å². The molecule has 0 aromatic heterocycles. The molecule has 0 saturated carbocycles. The molecule has 252 valence electrons. The van der Waals surface area contributed by atoms with Gasteiger partial charge in [0.05, 0.1) is 0 Å². The van der Waals surface area contributed by atoms with Gasteiger partial charge in [-0.05, 0) is 80.5 Å². The number of anilines is 2. The van der Waals surface area contributed by atoms with Crippen molar-refractivity contribution in [3.8, 4) is 0 Å². The number of likely N-dealkylation sites (tertiary alicyclic amines) is 1. The van der Waals surface area contributed by atoms with Gasteiger partial charge in [0.1, 0.15) is 11.6 Å². The van der Waals surface area contributed by atoms with E-state index in [-0.39, 0.29) is 24.0 Å². The number of nitrogens with one attached hydrogen (secondary N) is 3. The highest BCUT2D eigenvalue weighted by Crippen LogP contribution is 2.31. The highest BCUT2D eigenvalue weighted by molar-refractivity contribution is 5.92. The summed E-state index contributed by atoms with van der Waals surface area (Å²) in [5, 5.41) is 8.91. The van der Waals surface area contributed by atoms with Crippen molar-refractivity contribution in [1.29, 1.82) is 0 Å². The smallest absolute Gasteiger partial charge is 0.412 e. The van der Waals surface area contributed by atoms with E-state index in [1.165, 1.54) is 0 Å². The lowest BCUT2D eigenvalue weighted by Gasteiger charge is -2.40. The molecule has 3 heterocycles. The van der Waals surface area contributed by atoms with Crippen molar-refractivity contribution in [2.45, 2.75) is 84.3 Å². The molecule has 0 bridgehead atoms. The van der Waals surface area contributed by atoms with E-state index in [4.69, 9.17) is 4.74 Å². The summed E-state index contributed by atoms with van der Waals surface area (Å²) in [5.74, 6) is -0.164. The highest BCUT2D eigenvalue weighted by Gasteiger charge is 2.36. The number of nitrogens with zero attached hydrogens (tertiary/aromatic N) is 3. The number of ether oxygens (including phenoxy) is 1. The lowest BCUT2D eigenvalue weighted by atomic mass is 9.96. The van der Waals surface area contributed by atoms with Crippen LogP contribution in [0.5, 0.6) is 0 Å². The first kappa shape index (κ1) is 32.9. The van der Waals surface area contributed by atoms with Crippen LogP contribution in [0.4, 0.5) is 25.8 Å². The second kappa shape index (κ2) is 13.6. The maximum absolute atomic E-state index is 14.1. The van der Waals surface area contributed by atoms with Crippen molar-refractivity contribution in [2.75, 3.05) is 23.7 Å². The molecular weight excluding hydrogens is 608 g/mol. The molecule has 3 aromatic rings. The van der Waals surface area contributed by atoms with E-state index in [0.29, 0.717) is 57.7 Å². The van der Waals surface area contributed by atoms with E-state index >= 15 is 0 Å². The number of carbonyl (C=O) groups is 4. The first-order valence-corrected chi connectivity index (χ1v) is 16.6. The van der Waals surface area contributed by atoms with Crippen molar-refractivity contribution in [2.24, 2.45) is 0 Å². The normalized spacial score (nSPS) is 18.3. The second-order valence-corrected chi connectivity index (χ2v) is 13.8. The molecule has 1 fully saturated rings. The lowest BCUT2D eigenvalue weighted by Crippen LogP contribution is -2.55. The highest BCUT2D eigenvalue weighted by atomic mass is 16.6. The molecule has 0 radical (unpaired) electrons. The SMILES string of the molecule is Cc1c(NC(=O)OC(C)(C)C)ccc2c1CN(Cc1ccccc1)C(=O)[C@H](NC(=O)N1CCC(N3Cc4ccccc4NC3=O)CC1)C2. The van der Waals surface area contributed by atoms with Crippen LogP contribution >= 0.6 is 0 Å². The Morgan fingerprint density at radius 1 is 0.917 bits per heavy atom. The van der Waals surface area contributed by atoms with E-state index in [9.17, 15) is 19.2 Å². The Labute approximate surface area is 281 Å². The average molecular weight is 653 g/mol. The Morgan fingerprint density at radius 3 is 2.35 bits per heavy atom. The maximum Gasteiger partial charge on any atom is 0.412 e. The van der Waals surface area contributed by atoms with Crippen LogP contribution in [0.1, 0.15) is 61.4 Å². The molecule has 0 unspecified atom stereocenters. The van der Waals surface area contributed by atoms with Crippen LogP contribution in [0, 0.1) is 6.92 Å². The van der Waals surface area contributed by atoms with E-state index in [0.717, 1.165) is 33.5 Å². The number of amides is 6. The summed E-state index contributed by atoms with van der Waals surface area (Å²) in [6, 6.07) is 20.2. The van der Waals surface area contributed by atoms with Gasteiger partial charge < -0.3 is 30.1 Å². The van der Waals surface area contributed by atoms with Crippen LogP contribution in [0.3, 0.4) is 0 Å². The number of benzene rings is 3. The summed E-state index contributed by atoms with van der Waals surface area (Å²) < 4.78 is 5.47. The van der Waals surface area contributed by atoms with Gasteiger partial charge in [-0.2, -0.15) is 0 Å². The van der Waals surface area contributed by atoms with E-state index in [1.807, 2.05) is 99.3 Å². The number of hydrogen-bond acceptors (Lipinski definition) is 5. The summed E-state index contributed by atoms with van der Waals surface area (Å²) in [6.07, 6.45) is 1.08. The third kappa shape index (κ3) is 7.40. The Balaban J connectivity index is 1.16. The first-order valence-electron chi connectivity index (χ1n) is 16.6. The molecule has 48 heavy (non-hydrogen) atoms. The lowest BCUT2D eigenvalue weighted by molar-refractivity contribution is -0.134. The minimum absolute atomic E-state index is 0.0154. The third-order valence-electron chi connectivity index (χ3n) is 9.28. The van der Waals surface area contributed by atoms with Gasteiger partial charge in [-0.15, -0.1) is 0 Å². The molecule has 11 nitrogen and oxygen atoms in total. The van der Waals surface area contributed by atoms with E-state index < -0.39 is 17.7 Å². The average Bonchev–Trinajstić information content (AvgIpc) is 3.18. The predicted molar refractivity (Wildman–Crippen MR) is 183 cm³/mol. The van der Waals surface area contributed by atoms with Crippen LogP contribution in [-0.2, 0) is 35.6 Å². The topological polar surface area (TPSA) is 123 Å². The van der Waals surface area contributed by atoms with Gasteiger partial charge in [0, 0.05) is 56.6 Å². The number of piperidine rings is 1. The largest absolute Gasteiger partial charge is 0.444 e. The quantitative estimate of drug-likeness (QED) is 0.311. The van der Waals surface area contributed by atoms with Crippen molar-refractivity contribution in [3.05, 3.63) is 94.5 Å². The number of fused-ring (bicyclic) bond motifs is 2. The van der Waals surface area contributed by atoms with Crippen LogP contribution in [0.2, 0.25) is 0 Å².